The van der Waals surface area contributed by atoms with Crippen LogP contribution in [0.25, 0.3) is 0 Å². The Morgan fingerprint density at radius 2 is 2.22 bits per heavy atom. The number of piperazine rings is 1. The van der Waals surface area contributed by atoms with Crippen LogP contribution in [-0.4, -0.2) is 55.5 Å². The number of sulfonamides is 1. The van der Waals surface area contributed by atoms with Gasteiger partial charge >= 0.3 is 0 Å². The van der Waals surface area contributed by atoms with Crippen molar-refractivity contribution in [2.24, 2.45) is 0 Å². The second kappa shape index (κ2) is 5.26. The molecule has 0 spiro atoms. The van der Waals surface area contributed by atoms with Gasteiger partial charge in [-0.1, -0.05) is 0 Å². The zero-order chi connectivity index (χ0) is 13.3. The molecular formula is C11H18N2O3S2. The second-order valence-electron chi connectivity index (χ2n) is 4.63. The van der Waals surface area contributed by atoms with Gasteiger partial charge in [0.25, 0.3) is 0 Å². The van der Waals surface area contributed by atoms with Crippen molar-refractivity contribution >= 4 is 21.4 Å². The fourth-order valence-electron chi connectivity index (χ4n) is 2.19. The van der Waals surface area contributed by atoms with Gasteiger partial charge in [-0.3, -0.25) is 0 Å². The Hall–Kier alpha value is -0.470. The molecule has 1 aliphatic heterocycles. The van der Waals surface area contributed by atoms with Gasteiger partial charge in [0.1, 0.15) is 0 Å². The molecule has 1 N–H and O–H groups in total. The molecule has 0 saturated carbocycles. The highest BCUT2D eigenvalue weighted by atomic mass is 32.2. The molecular weight excluding hydrogens is 272 g/mol. The monoisotopic (exact) mass is 290 g/mol. The van der Waals surface area contributed by atoms with E-state index >= 15 is 0 Å². The Morgan fingerprint density at radius 1 is 1.50 bits per heavy atom. The lowest BCUT2D eigenvalue weighted by Gasteiger charge is -2.36. The van der Waals surface area contributed by atoms with Crippen LogP contribution in [0, 0.1) is 0 Å². The van der Waals surface area contributed by atoms with Gasteiger partial charge in [0.05, 0.1) is 11.5 Å². The molecule has 2 rings (SSSR count). The summed E-state index contributed by atoms with van der Waals surface area (Å²) in [5, 5.41) is 10.6. The molecule has 1 aromatic rings. The highest BCUT2D eigenvalue weighted by Gasteiger charge is 2.33. The molecule has 1 unspecified atom stereocenters. The number of nitrogens with zero attached hydrogens (tertiary/aromatic N) is 2. The van der Waals surface area contributed by atoms with Crippen LogP contribution in [0.4, 0.5) is 0 Å². The summed E-state index contributed by atoms with van der Waals surface area (Å²) >= 11 is 1.28. The van der Waals surface area contributed by atoms with E-state index in [-0.39, 0.29) is 12.6 Å². The summed E-state index contributed by atoms with van der Waals surface area (Å²) in [5.41, 5.74) is 0. The van der Waals surface area contributed by atoms with Crippen molar-refractivity contribution in [2.45, 2.75) is 24.5 Å². The summed E-state index contributed by atoms with van der Waals surface area (Å²) in [6, 6.07) is 1.54. The van der Waals surface area contributed by atoms with Gasteiger partial charge in [0.2, 0.25) is 10.0 Å². The lowest BCUT2D eigenvalue weighted by atomic mass is 10.2. The van der Waals surface area contributed by atoms with Crippen molar-refractivity contribution < 1.29 is 13.5 Å². The molecule has 1 atom stereocenters. The summed E-state index contributed by atoms with van der Waals surface area (Å²) in [5.74, 6) is 0. The quantitative estimate of drug-likeness (QED) is 0.884. The van der Waals surface area contributed by atoms with Crippen LogP contribution in [0.5, 0.6) is 0 Å². The van der Waals surface area contributed by atoms with Crippen molar-refractivity contribution in [3.05, 3.63) is 16.3 Å². The van der Waals surface area contributed by atoms with Crippen molar-refractivity contribution in [3.63, 3.8) is 0 Å². The third-order valence-electron chi connectivity index (χ3n) is 3.16. The van der Waals surface area contributed by atoms with Crippen molar-refractivity contribution in [3.8, 4) is 0 Å². The molecule has 0 aromatic carbocycles. The fraction of sp³-hybridized carbons (Fsp3) is 0.636. The topological polar surface area (TPSA) is 60.9 Å². The zero-order valence-electron chi connectivity index (χ0n) is 10.5. The predicted octanol–water partition coefficient (Wildman–Crippen LogP) is 0.565. The molecule has 5 nitrogen and oxygen atoms in total. The molecule has 1 aliphatic rings. The summed E-state index contributed by atoms with van der Waals surface area (Å²) in [4.78, 5) is 3.10. The summed E-state index contributed by atoms with van der Waals surface area (Å²) in [7, 11) is -1.42. The lowest BCUT2D eigenvalue weighted by Crippen LogP contribution is -2.52. The molecule has 18 heavy (non-hydrogen) atoms. The highest BCUT2D eigenvalue weighted by Crippen LogP contribution is 2.25. The van der Waals surface area contributed by atoms with Crippen LogP contribution in [0.15, 0.2) is 16.3 Å². The first-order valence-electron chi connectivity index (χ1n) is 5.84. The van der Waals surface area contributed by atoms with Crippen molar-refractivity contribution in [2.75, 3.05) is 26.7 Å². The number of rotatable bonds is 3. The van der Waals surface area contributed by atoms with E-state index < -0.39 is 10.0 Å². The minimum Gasteiger partial charge on any atom is -0.391 e. The van der Waals surface area contributed by atoms with Crippen molar-refractivity contribution in [1.82, 2.24) is 9.21 Å². The normalized spacial score (nSPS) is 23.4. The molecule has 7 heteroatoms. The van der Waals surface area contributed by atoms with Gasteiger partial charge < -0.3 is 10.0 Å². The first kappa shape index (κ1) is 14.0. The molecule has 0 amide bonds. The molecule has 1 fully saturated rings. The fourth-order valence-corrected chi connectivity index (χ4v) is 4.93. The van der Waals surface area contributed by atoms with Gasteiger partial charge in [-0.05, 0) is 20.0 Å². The lowest BCUT2D eigenvalue weighted by molar-refractivity contribution is 0.170. The summed E-state index contributed by atoms with van der Waals surface area (Å²) in [6.07, 6.45) is 0. The van der Waals surface area contributed by atoms with E-state index in [2.05, 4.69) is 4.90 Å². The first-order chi connectivity index (χ1) is 8.45. The highest BCUT2D eigenvalue weighted by molar-refractivity contribution is 7.89. The maximum atomic E-state index is 12.5. The third-order valence-corrected chi connectivity index (χ3v) is 6.22. The average Bonchev–Trinajstić information content (AvgIpc) is 2.77. The summed E-state index contributed by atoms with van der Waals surface area (Å²) < 4.78 is 26.5. The minimum absolute atomic E-state index is 0.0220. The Labute approximate surface area is 112 Å². The van der Waals surface area contributed by atoms with Crippen LogP contribution in [-0.2, 0) is 16.6 Å². The molecule has 102 valence electrons. The van der Waals surface area contributed by atoms with E-state index in [0.717, 1.165) is 13.1 Å². The Morgan fingerprint density at radius 3 is 2.78 bits per heavy atom. The minimum atomic E-state index is -3.42. The van der Waals surface area contributed by atoms with Crippen LogP contribution in [0.3, 0.4) is 0 Å². The number of aliphatic hydroxyl groups excluding tert-OH is 1. The number of aliphatic hydroxyl groups is 1. The number of likely N-dealkylation sites (N-methyl/N-ethyl adjacent to an activating group) is 1. The Kier molecular flexibility index (Phi) is 4.08. The average molecular weight is 290 g/mol. The number of hydrogen-bond donors (Lipinski definition) is 1. The Bertz CT molecular complexity index is 512. The number of hydrogen-bond acceptors (Lipinski definition) is 5. The standard InChI is InChI=1S/C11H18N2O3S2/c1-9-6-12(2)3-4-13(9)18(15,16)11-5-10(7-14)17-8-11/h5,8-9,14H,3-4,6-7H2,1-2H3. The van der Waals surface area contributed by atoms with E-state index in [1.54, 1.807) is 15.8 Å². The van der Waals surface area contributed by atoms with E-state index in [4.69, 9.17) is 5.11 Å². The maximum Gasteiger partial charge on any atom is 0.244 e. The van der Waals surface area contributed by atoms with Gasteiger partial charge in [-0.15, -0.1) is 11.3 Å². The van der Waals surface area contributed by atoms with Crippen LogP contribution in [0.2, 0.25) is 0 Å². The van der Waals surface area contributed by atoms with E-state index in [9.17, 15) is 8.42 Å². The zero-order valence-corrected chi connectivity index (χ0v) is 12.2. The molecule has 0 bridgehead atoms. The van der Waals surface area contributed by atoms with E-state index in [0.29, 0.717) is 16.3 Å². The summed E-state index contributed by atoms with van der Waals surface area (Å²) in [6.45, 7) is 3.83. The van der Waals surface area contributed by atoms with Gasteiger partial charge in [-0.2, -0.15) is 4.31 Å². The second-order valence-corrected chi connectivity index (χ2v) is 7.52. The Balaban J connectivity index is 2.25. The SMILES string of the molecule is CC1CN(C)CCN1S(=O)(=O)c1csc(CO)c1. The van der Waals surface area contributed by atoms with Crippen molar-refractivity contribution in [1.29, 1.82) is 0 Å². The molecule has 0 aliphatic carbocycles. The van der Waals surface area contributed by atoms with Gasteiger partial charge in [0, 0.05) is 35.9 Å². The van der Waals surface area contributed by atoms with E-state index in [1.165, 1.54) is 11.3 Å². The largest absolute Gasteiger partial charge is 0.391 e. The van der Waals surface area contributed by atoms with Crippen LogP contribution >= 0.6 is 11.3 Å². The van der Waals surface area contributed by atoms with Crippen LogP contribution < -0.4 is 0 Å². The predicted molar refractivity (Wildman–Crippen MR) is 71.1 cm³/mol. The molecule has 2 heterocycles. The number of thiophene rings is 1. The smallest absolute Gasteiger partial charge is 0.244 e. The molecule has 0 radical (unpaired) electrons. The first-order valence-corrected chi connectivity index (χ1v) is 8.16. The third kappa shape index (κ3) is 2.60. The molecule has 1 saturated heterocycles. The van der Waals surface area contributed by atoms with Crippen LogP contribution in [0.1, 0.15) is 11.8 Å². The van der Waals surface area contributed by atoms with Gasteiger partial charge in [-0.25, -0.2) is 8.42 Å². The molecule has 1 aromatic heterocycles. The van der Waals surface area contributed by atoms with Gasteiger partial charge in [0.15, 0.2) is 0 Å². The van der Waals surface area contributed by atoms with E-state index in [1.807, 2.05) is 14.0 Å². The maximum absolute atomic E-state index is 12.5.